The number of hydrogen-bond acceptors (Lipinski definition) is 4. The van der Waals surface area contributed by atoms with Gasteiger partial charge in [0.05, 0.1) is 0 Å². The van der Waals surface area contributed by atoms with Crippen molar-refractivity contribution in [2.24, 2.45) is 0 Å². The molecule has 0 aliphatic carbocycles. The maximum absolute atomic E-state index is 5.99. The lowest BCUT2D eigenvalue weighted by Crippen LogP contribution is -2.13. The van der Waals surface area contributed by atoms with Gasteiger partial charge in [0.1, 0.15) is 17.5 Å². The standard InChI is InChI=1S/C16H21BrN4/c1-4-6-14-20-15(18)10(2)16(21-14)19-11(3)12-7-5-8-13(17)9-12/h5,7-9,11H,4,6H2,1-3H3,(H3,18,19,20,21). The van der Waals surface area contributed by atoms with Crippen molar-refractivity contribution < 1.29 is 0 Å². The van der Waals surface area contributed by atoms with Gasteiger partial charge in [-0.3, -0.25) is 0 Å². The third kappa shape index (κ3) is 3.94. The summed E-state index contributed by atoms with van der Waals surface area (Å²) >= 11 is 3.50. The maximum atomic E-state index is 5.99. The summed E-state index contributed by atoms with van der Waals surface area (Å²) in [6, 6.07) is 8.38. The van der Waals surface area contributed by atoms with Gasteiger partial charge in [0.2, 0.25) is 0 Å². The summed E-state index contributed by atoms with van der Waals surface area (Å²) in [5, 5.41) is 3.44. The molecule has 1 aromatic heterocycles. The lowest BCUT2D eigenvalue weighted by Gasteiger charge is -2.18. The summed E-state index contributed by atoms with van der Waals surface area (Å²) in [5.74, 6) is 2.17. The highest BCUT2D eigenvalue weighted by atomic mass is 79.9. The maximum Gasteiger partial charge on any atom is 0.135 e. The molecule has 0 radical (unpaired) electrons. The van der Waals surface area contributed by atoms with Gasteiger partial charge in [-0.15, -0.1) is 0 Å². The minimum Gasteiger partial charge on any atom is -0.383 e. The first kappa shape index (κ1) is 15.8. The van der Waals surface area contributed by atoms with Gasteiger partial charge in [-0.1, -0.05) is 35.0 Å². The average molecular weight is 349 g/mol. The van der Waals surface area contributed by atoms with Crippen molar-refractivity contribution in [3.63, 3.8) is 0 Å². The van der Waals surface area contributed by atoms with Crippen molar-refractivity contribution >= 4 is 27.6 Å². The van der Waals surface area contributed by atoms with Crippen LogP contribution in [0.5, 0.6) is 0 Å². The average Bonchev–Trinajstić information content (AvgIpc) is 2.44. The van der Waals surface area contributed by atoms with E-state index in [4.69, 9.17) is 5.73 Å². The number of nitrogens with two attached hydrogens (primary N) is 1. The van der Waals surface area contributed by atoms with Crippen LogP contribution in [0.3, 0.4) is 0 Å². The van der Waals surface area contributed by atoms with Crippen molar-refractivity contribution in [3.05, 3.63) is 45.7 Å². The van der Waals surface area contributed by atoms with Crippen LogP contribution in [0.25, 0.3) is 0 Å². The first-order chi connectivity index (χ1) is 10.0. The fourth-order valence-electron chi connectivity index (χ4n) is 2.12. The van der Waals surface area contributed by atoms with Crippen LogP contribution in [0, 0.1) is 6.92 Å². The van der Waals surface area contributed by atoms with Gasteiger partial charge < -0.3 is 11.1 Å². The molecule has 0 fully saturated rings. The summed E-state index contributed by atoms with van der Waals surface area (Å²) in [6.45, 7) is 6.16. The third-order valence-electron chi connectivity index (χ3n) is 3.41. The Morgan fingerprint density at radius 2 is 2.10 bits per heavy atom. The molecule has 2 rings (SSSR count). The van der Waals surface area contributed by atoms with Crippen molar-refractivity contribution in [2.75, 3.05) is 11.1 Å². The SMILES string of the molecule is CCCc1nc(N)c(C)c(NC(C)c2cccc(Br)c2)n1. The van der Waals surface area contributed by atoms with Crippen LogP contribution in [0.2, 0.25) is 0 Å². The molecule has 0 aliphatic heterocycles. The van der Waals surface area contributed by atoms with E-state index in [0.717, 1.165) is 34.5 Å². The Bertz CT molecular complexity index is 628. The van der Waals surface area contributed by atoms with E-state index in [2.05, 4.69) is 57.2 Å². The molecule has 1 atom stereocenters. The molecular formula is C16H21BrN4. The van der Waals surface area contributed by atoms with Crippen molar-refractivity contribution in [2.45, 2.75) is 39.7 Å². The summed E-state index contributed by atoms with van der Waals surface area (Å²) in [4.78, 5) is 8.93. The van der Waals surface area contributed by atoms with E-state index < -0.39 is 0 Å². The van der Waals surface area contributed by atoms with Gasteiger partial charge in [-0.05, 0) is 38.0 Å². The molecule has 5 heteroatoms. The van der Waals surface area contributed by atoms with Gasteiger partial charge in [-0.25, -0.2) is 9.97 Å². The molecule has 0 spiro atoms. The van der Waals surface area contributed by atoms with Crippen LogP contribution in [0.1, 0.15) is 43.3 Å². The molecular weight excluding hydrogens is 328 g/mol. The van der Waals surface area contributed by atoms with E-state index in [1.165, 1.54) is 5.56 Å². The van der Waals surface area contributed by atoms with Gasteiger partial charge in [0.25, 0.3) is 0 Å². The van der Waals surface area contributed by atoms with E-state index in [0.29, 0.717) is 5.82 Å². The zero-order valence-corrected chi connectivity index (χ0v) is 14.2. The number of nitrogen functional groups attached to an aromatic ring is 1. The number of nitrogens with one attached hydrogen (secondary N) is 1. The van der Waals surface area contributed by atoms with E-state index >= 15 is 0 Å². The minimum absolute atomic E-state index is 0.143. The quantitative estimate of drug-likeness (QED) is 0.847. The van der Waals surface area contributed by atoms with E-state index in [-0.39, 0.29) is 6.04 Å². The Balaban J connectivity index is 2.26. The summed E-state index contributed by atoms with van der Waals surface area (Å²) < 4.78 is 1.07. The lowest BCUT2D eigenvalue weighted by molar-refractivity contribution is 0.817. The smallest absolute Gasteiger partial charge is 0.135 e. The molecule has 2 aromatic rings. The molecule has 1 unspecified atom stereocenters. The van der Waals surface area contributed by atoms with E-state index in [9.17, 15) is 0 Å². The Morgan fingerprint density at radius 1 is 1.33 bits per heavy atom. The van der Waals surface area contributed by atoms with Gasteiger partial charge in [0.15, 0.2) is 0 Å². The highest BCUT2D eigenvalue weighted by molar-refractivity contribution is 9.10. The number of rotatable bonds is 5. The number of aromatic nitrogens is 2. The fraction of sp³-hybridized carbons (Fsp3) is 0.375. The lowest BCUT2D eigenvalue weighted by atomic mass is 10.1. The van der Waals surface area contributed by atoms with Crippen molar-refractivity contribution in [3.8, 4) is 0 Å². The number of nitrogens with zero attached hydrogens (tertiary/aromatic N) is 2. The molecule has 0 aliphatic rings. The predicted molar refractivity (Wildman–Crippen MR) is 91.4 cm³/mol. The van der Waals surface area contributed by atoms with Crippen molar-refractivity contribution in [1.29, 1.82) is 0 Å². The molecule has 3 N–H and O–H groups in total. The number of anilines is 2. The first-order valence-electron chi connectivity index (χ1n) is 7.16. The Kier molecular flexibility index (Phi) is 5.17. The molecule has 21 heavy (non-hydrogen) atoms. The topological polar surface area (TPSA) is 63.8 Å². The van der Waals surface area contributed by atoms with Crippen LogP contribution >= 0.6 is 15.9 Å². The van der Waals surface area contributed by atoms with Crippen molar-refractivity contribution in [1.82, 2.24) is 9.97 Å². The van der Waals surface area contributed by atoms with Gasteiger partial charge in [-0.2, -0.15) is 0 Å². The molecule has 1 heterocycles. The Hall–Kier alpha value is -1.62. The molecule has 0 saturated carbocycles. The number of halogens is 1. The van der Waals surface area contributed by atoms with Gasteiger partial charge in [0, 0.05) is 22.5 Å². The Labute approximate surface area is 134 Å². The second kappa shape index (κ2) is 6.89. The summed E-state index contributed by atoms with van der Waals surface area (Å²) in [5.41, 5.74) is 8.08. The van der Waals surface area contributed by atoms with E-state index in [1.807, 2.05) is 19.1 Å². The predicted octanol–water partition coefficient (Wildman–Crippen LogP) is 4.26. The summed E-state index contributed by atoms with van der Waals surface area (Å²) in [7, 11) is 0. The van der Waals surface area contributed by atoms with Crippen LogP contribution in [0.4, 0.5) is 11.6 Å². The highest BCUT2D eigenvalue weighted by Crippen LogP contribution is 2.25. The second-order valence-electron chi connectivity index (χ2n) is 5.17. The molecule has 0 bridgehead atoms. The second-order valence-corrected chi connectivity index (χ2v) is 6.09. The molecule has 1 aromatic carbocycles. The van der Waals surface area contributed by atoms with Crippen LogP contribution in [-0.2, 0) is 6.42 Å². The number of benzene rings is 1. The zero-order chi connectivity index (χ0) is 15.4. The molecule has 4 nitrogen and oxygen atoms in total. The number of hydrogen-bond donors (Lipinski definition) is 2. The fourth-order valence-corrected chi connectivity index (χ4v) is 2.54. The minimum atomic E-state index is 0.143. The van der Waals surface area contributed by atoms with Crippen LogP contribution in [-0.4, -0.2) is 9.97 Å². The monoisotopic (exact) mass is 348 g/mol. The van der Waals surface area contributed by atoms with E-state index in [1.54, 1.807) is 0 Å². The largest absolute Gasteiger partial charge is 0.383 e. The number of aryl methyl sites for hydroxylation is 1. The molecule has 112 valence electrons. The van der Waals surface area contributed by atoms with Crippen LogP contribution < -0.4 is 11.1 Å². The Morgan fingerprint density at radius 3 is 2.76 bits per heavy atom. The zero-order valence-electron chi connectivity index (χ0n) is 12.7. The highest BCUT2D eigenvalue weighted by Gasteiger charge is 2.12. The molecule has 0 amide bonds. The first-order valence-corrected chi connectivity index (χ1v) is 7.95. The normalized spacial score (nSPS) is 12.2. The summed E-state index contributed by atoms with van der Waals surface area (Å²) in [6.07, 6.45) is 1.84. The van der Waals surface area contributed by atoms with Gasteiger partial charge >= 0.3 is 0 Å². The molecule has 0 saturated heterocycles. The van der Waals surface area contributed by atoms with Crippen LogP contribution in [0.15, 0.2) is 28.7 Å². The third-order valence-corrected chi connectivity index (χ3v) is 3.90.